The molecular weight excluding hydrogens is 294 g/mol. The van der Waals surface area contributed by atoms with Crippen molar-refractivity contribution in [1.82, 2.24) is 4.90 Å². The number of aryl methyl sites for hydroxylation is 1. The Kier molecular flexibility index (Phi) is 2.35. The molecule has 23 heavy (non-hydrogen) atoms. The van der Waals surface area contributed by atoms with Crippen LogP contribution in [0.15, 0.2) is 18.2 Å². The van der Waals surface area contributed by atoms with Crippen LogP contribution in [0.3, 0.4) is 0 Å². The first-order valence-corrected chi connectivity index (χ1v) is 8.23. The van der Waals surface area contributed by atoms with Crippen molar-refractivity contribution in [3.05, 3.63) is 34.9 Å². The number of likely N-dealkylation sites (N-methyl/N-ethyl adjacent to an activating group) is 1. The fourth-order valence-corrected chi connectivity index (χ4v) is 5.55. The summed E-state index contributed by atoms with van der Waals surface area (Å²) in [6, 6.07) is 2.06. The molecule has 2 aliphatic carbocycles. The molecule has 1 spiro atoms. The zero-order valence-electron chi connectivity index (χ0n) is 13.3. The van der Waals surface area contributed by atoms with E-state index in [0.717, 1.165) is 30.5 Å². The van der Waals surface area contributed by atoms with E-state index in [1.807, 2.05) is 13.0 Å². The minimum absolute atomic E-state index is 0.108. The zero-order chi connectivity index (χ0) is 16.1. The van der Waals surface area contributed by atoms with Gasteiger partial charge in [0.25, 0.3) is 0 Å². The van der Waals surface area contributed by atoms with Crippen molar-refractivity contribution in [1.29, 1.82) is 0 Å². The monoisotopic (exact) mass is 315 g/mol. The predicted molar refractivity (Wildman–Crippen MR) is 83.5 cm³/mol. The lowest BCUT2D eigenvalue weighted by molar-refractivity contribution is -0.212. The molecule has 0 unspecified atom stereocenters. The predicted octanol–water partition coefficient (Wildman–Crippen LogP) is 0.827. The molecule has 1 fully saturated rings. The molecule has 2 aliphatic heterocycles. The van der Waals surface area contributed by atoms with Crippen LogP contribution in [0, 0.1) is 12.8 Å². The Morgan fingerprint density at radius 3 is 2.91 bits per heavy atom. The minimum atomic E-state index is -2.01. The number of nitrogens with zero attached hydrogens (tertiary/aromatic N) is 1. The van der Waals surface area contributed by atoms with Crippen LogP contribution in [0.2, 0.25) is 0 Å². The van der Waals surface area contributed by atoms with E-state index in [1.165, 1.54) is 11.6 Å². The van der Waals surface area contributed by atoms with E-state index in [1.54, 1.807) is 6.07 Å². The molecule has 0 amide bonds. The number of benzene rings is 1. The standard InChI is InChI=1S/C18H21NO4/c1-9-7-13(20)15-14-10(9)8-12-11-3-4-18(21,22)16(23-15)17(11,14)5-6-19(12)2/h3-4,7,11-12,16,20-22H,5-6,8H2,1-2H3/t11-,12+,16+,17-/m0/s1. The second kappa shape index (κ2) is 3.91. The van der Waals surface area contributed by atoms with Crippen LogP contribution in [0.25, 0.3) is 0 Å². The molecule has 1 saturated heterocycles. The number of rotatable bonds is 0. The first-order chi connectivity index (χ1) is 10.9. The fourth-order valence-electron chi connectivity index (χ4n) is 5.55. The van der Waals surface area contributed by atoms with E-state index in [-0.39, 0.29) is 11.7 Å². The van der Waals surface area contributed by atoms with Gasteiger partial charge in [-0.2, -0.15) is 0 Å². The molecule has 0 aromatic heterocycles. The fraction of sp³-hybridized carbons (Fsp3) is 0.556. The second-order valence-electron chi connectivity index (χ2n) is 7.60. The molecule has 4 aliphatic rings. The molecule has 4 atom stereocenters. The van der Waals surface area contributed by atoms with Crippen molar-refractivity contribution >= 4 is 0 Å². The number of ether oxygens (including phenoxy) is 1. The Hall–Kier alpha value is -1.56. The summed E-state index contributed by atoms with van der Waals surface area (Å²) < 4.78 is 6.00. The third kappa shape index (κ3) is 1.40. The van der Waals surface area contributed by atoms with Gasteiger partial charge in [-0.3, -0.25) is 0 Å². The number of hydrogen-bond donors (Lipinski definition) is 3. The molecule has 1 aromatic rings. The number of aliphatic hydroxyl groups is 2. The summed E-state index contributed by atoms with van der Waals surface area (Å²) in [6.45, 7) is 2.90. The minimum Gasteiger partial charge on any atom is -0.504 e. The molecule has 5 heteroatoms. The second-order valence-corrected chi connectivity index (χ2v) is 7.60. The molecule has 0 radical (unpaired) electrons. The molecule has 122 valence electrons. The van der Waals surface area contributed by atoms with E-state index in [2.05, 4.69) is 11.9 Å². The van der Waals surface area contributed by atoms with Gasteiger partial charge < -0.3 is 25.0 Å². The molecule has 5 nitrogen and oxygen atoms in total. The van der Waals surface area contributed by atoms with Gasteiger partial charge in [-0.25, -0.2) is 0 Å². The molecule has 5 rings (SSSR count). The molecule has 2 heterocycles. The van der Waals surface area contributed by atoms with Gasteiger partial charge in [-0.05, 0) is 56.6 Å². The smallest absolute Gasteiger partial charge is 0.222 e. The highest BCUT2D eigenvalue weighted by molar-refractivity contribution is 5.64. The van der Waals surface area contributed by atoms with Crippen LogP contribution in [-0.4, -0.2) is 51.7 Å². The number of phenols is 1. The quantitative estimate of drug-likeness (QED) is 0.488. The summed E-state index contributed by atoms with van der Waals surface area (Å²) in [7, 11) is 2.14. The van der Waals surface area contributed by atoms with E-state index >= 15 is 0 Å². The topological polar surface area (TPSA) is 73.2 Å². The summed E-state index contributed by atoms with van der Waals surface area (Å²) in [5.41, 5.74) is 2.83. The summed E-state index contributed by atoms with van der Waals surface area (Å²) in [5.74, 6) is -1.27. The maximum absolute atomic E-state index is 10.5. The molecule has 1 aromatic carbocycles. The summed E-state index contributed by atoms with van der Waals surface area (Å²) in [6.07, 6.45) is 4.36. The first-order valence-electron chi connectivity index (χ1n) is 8.23. The van der Waals surface area contributed by atoms with Crippen molar-refractivity contribution in [3.8, 4) is 11.5 Å². The van der Waals surface area contributed by atoms with E-state index in [9.17, 15) is 15.3 Å². The van der Waals surface area contributed by atoms with Gasteiger partial charge in [0.2, 0.25) is 5.79 Å². The highest BCUT2D eigenvalue weighted by Gasteiger charge is 2.67. The van der Waals surface area contributed by atoms with Crippen LogP contribution in [0.4, 0.5) is 0 Å². The number of phenolic OH excluding ortho intramolecular Hbond substituents is 1. The summed E-state index contributed by atoms with van der Waals surface area (Å²) in [5, 5.41) is 31.5. The van der Waals surface area contributed by atoms with Gasteiger partial charge >= 0.3 is 0 Å². The molecule has 3 N–H and O–H groups in total. The normalized spacial score (nSPS) is 39.0. The van der Waals surface area contributed by atoms with Crippen LogP contribution in [0.5, 0.6) is 11.5 Å². The maximum atomic E-state index is 10.5. The third-order valence-corrected chi connectivity index (χ3v) is 6.56. The van der Waals surface area contributed by atoms with Crippen LogP contribution in [0.1, 0.15) is 23.1 Å². The number of hydrogen-bond acceptors (Lipinski definition) is 5. The molecule has 0 saturated carbocycles. The SMILES string of the molecule is Cc1cc(O)c2c3c1C[C@@H]1[C@@H]4C=CC(O)(O)[C@H](O2)[C@]34CCN1C. The largest absolute Gasteiger partial charge is 0.504 e. The number of aromatic hydroxyl groups is 1. The first kappa shape index (κ1) is 13.8. The van der Waals surface area contributed by atoms with Crippen molar-refractivity contribution in [2.75, 3.05) is 13.6 Å². The Bertz CT molecular complexity index is 756. The van der Waals surface area contributed by atoms with Crippen LogP contribution >= 0.6 is 0 Å². The highest BCUT2D eigenvalue weighted by atomic mass is 16.6. The third-order valence-electron chi connectivity index (χ3n) is 6.56. The van der Waals surface area contributed by atoms with E-state index in [0.29, 0.717) is 11.8 Å². The number of piperidine rings is 1. The van der Waals surface area contributed by atoms with Crippen molar-refractivity contribution in [2.24, 2.45) is 5.92 Å². The lowest BCUT2D eigenvalue weighted by atomic mass is 9.52. The average molecular weight is 315 g/mol. The van der Waals surface area contributed by atoms with Gasteiger partial charge in [0, 0.05) is 17.5 Å². The van der Waals surface area contributed by atoms with Gasteiger partial charge in [0.05, 0.1) is 5.41 Å². The van der Waals surface area contributed by atoms with Crippen LogP contribution in [-0.2, 0) is 11.8 Å². The van der Waals surface area contributed by atoms with Gasteiger partial charge in [0.15, 0.2) is 17.6 Å². The van der Waals surface area contributed by atoms with Crippen molar-refractivity contribution in [3.63, 3.8) is 0 Å². The molecular formula is C18H21NO4. The van der Waals surface area contributed by atoms with Crippen molar-refractivity contribution < 1.29 is 20.1 Å². The zero-order valence-corrected chi connectivity index (χ0v) is 13.3. The van der Waals surface area contributed by atoms with E-state index in [4.69, 9.17) is 4.74 Å². The van der Waals surface area contributed by atoms with Crippen LogP contribution < -0.4 is 4.74 Å². The maximum Gasteiger partial charge on any atom is 0.222 e. The summed E-state index contributed by atoms with van der Waals surface area (Å²) in [4.78, 5) is 2.37. The molecule has 2 bridgehead atoms. The number of likely N-dealkylation sites (tertiary alicyclic amines) is 1. The highest BCUT2D eigenvalue weighted by Crippen LogP contribution is 2.63. The Labute approximate surface area is 134 Å². The van der Waals surface area contributed by atoms with Gasteiger partial charge in [0.1, 0.15) is 0 Å². The lowest BCUT2D eigenvalue weighted by Gasteiger charge is -2.57. The van der Waals surface area contributed by atoms with Gasteiger partial charge in [-0.15, -0.1) is 0 Å². The van der Waals surface area contributed by atoms with Crippen molar-refractivity contribution in [2.45, 2.75) is 43.1 Å². The Balaban J connectivity index is 1.88. The van der Waals surface area contributed by atoms with Gasteiger partial charge in [-0.1, -0.05) is 6.08 Å². The Morgan fingerprint density at radius 1 is 1.35 bits per heavy atom. The Morgan fingerprint density at radius 2 is 2.13 bits per heavy atom. The lowest BCUT2D eigenvalue weighted by Crippen LogP contribution is -2.68. The van der Waals surface area contributed by atoms with E-state index < -0.39 is 17.3 Å². The average Bonchev–Trinajstić information content (AvgIpc) is 2.84. The summed E-state index contributed by atoms with van der Waals surface area (Å²) >= 11 is 0.